The van der Waals surface area contributed by atoms with Gasteiger partial charge in [-0.2, -0.15) is 0 Å². The van der Waals surface area contributed by atoms with E-state index in [1.807, 2.05) is 0 Å². The molecule has 0 aromatic heterocycles. The van der Waals surface area contributed by atoms with E-state index in [2.05, 4.69) is 37.9 Å². The van der Waals surface area contributed by atoms with Crippen LogP contribution in [0.5, 0.6) is 0 Å². The molecule has 1 saturated heterocycles. The molecule has 0 bridgehead atoms. The van der Waals surface area contributed by atoms with Crippen LogP contribution in [0.25, 0.3) is 0 Å². The van der Waals surface area contributed by atoms with Gasteiger partial charge in [-0.25, -0.2) is 0 Å². The number of rotatable bonds is 7. The third kappa shape index (κ3) is 5.39. The first kappa shape index (κ1) is 15.0. The molecule has 0 amide bonds. The highest BCUT2D eigenvalue weighted by Crippen LogP contribution is 2.22. The van der Waals surface area contributed by atoms with E-state index < -0.39 is 0 Å². The molecule has 1 heterocycles. The standard InChI is InChI=1S/C15H32N2/c1-5-7-15(16-9-6-2)12-17-10-8-13(3)14(4)11-17/h13-16H,5-12H2,1-4H3. The van der Waals surface area contributed by atoms with Gasteiger partial charge in [-0.1, -0.05) is 34.1 Å². The van der Waals surface area contributed by atoms with E-state index in [4.69, 9.17) is 0 Å². The van der Waals surface area contributed by atoms with E-state index in [9.17, 15) is 0 Å². The lowest BCUT2D eigenvalue weighted by Crippen LogP contribution is -2.46. The van der Waals surface area contributed by atoms with Crippen molar-refractivity contribution in [3.05, 3.63) is 0 Å². The van der Waals surface area contributed by atoms with Gasteiger partial charge < -0.3 is 10.2 Å². The van der Waals surface area contributed by atoms with Crippen LogP contribution >= 0.6 is 0 Å². The van der Waals surface area contributed by atoms with E-state index in [1.54, 1.807) is 0 Å². The highest BCUT2D eigenvalue weighted by molar-refractivity contribution is 4.79. The molecule has 3 atom stereocenters. The fourth-order valence-electron chi connectivity index (χ4n) is 2.78. The van der Waals surface area contributed by atoms with Crippen molar-refractivity contribution in [2.45, 2.75) is 59.4 Å². The molecule has 1 N–H and O–H groups in total. The van der Waals surface area contributed by atoms with Gasteiger partial charge in [0, 0.05) is 19.1 Å². The quantitative estimate of drug-likeness (QED) is 0.735. The van der Waals surface area contributed by atoms with E-state index in [-0.39, 0.29) is 0 Å². The Labute approximate surface area is 108 Å². The van der Waals surface area contributed by atoms with Crippen LogP contribution in [-0.4, -0.2) is 37.1 Å². The number of likely N-dealkylation sites (tertiary alicyclic amines) is 1. The maximum atomic E-state index is 3.70. The van der Waals surface area contributed by atoms with Crippen molar-refractivity contribution in [3.8, 4) is 0 Å². The molecule has 1 aliphatic rings. The number of hydrogen-bond acceptors (Lipinski definition) is 2. The third-order valence-corrected chi connectivity index (χ3v) is 4.22. The lowest BCUT2D eigenvalue weighted by molar-refractivity contribution is 0.125. The minimum absolute atomic E-state index is 0.709. The van der Waals surface area contributed by atoms with Gasteiger partial charge in [0.25, 0.3) is 0 Å². The topological polar surface area (TPSA) is 15.3 Å². The first-order chi connectivity index (χ1) is 8.17. The van der Waals surface area contributed by atoms with Crippen LogP contribution in [0.2, 0.25) is 0 Å². The zero-order chi connectivity index (χ0) is 12.7. The van der Waals surface area contributed by atoms with Crippen molar-refractivity contribution in [2.75, 3.05) is 26.2 Å². The number of hydrogen-bond donors (Lipinski definition) is 1. The Kier molecular flexibility index (Phi) is 7.14. The Balaban J connectivity index is 2.33. The second-order valence-corrected chi connectivity index (χ2v) is 5.94. The maximum Gasteiger partial charge on any atom is 0.0194 e. The van der Waals surface area contributed by atoms with Gasteiger partial charge in [-0.3, -0.25) is 0 Å². The molecular formula is C15H32N2. The summed E-state index contributed by atoms with van der Waals surface area (Å²) in [5.74, 6) is 1.79. The van der Waals surface area contributed by atoms with Crippen LogP contribution in [0.1, 0.15) is 53.4 Å². The number of nitrogens with one attached hydrogen (secondary N) is 1. The summed E-state index contributed by atoms with van der Waals surface area (Å²) >= 11 is 0. The zero-order valence-corrected chi connectivity index (χ0v) is 12.3. The SMILES string of the molecule is CCCNC(CCC)CN1CCC(C)C(C)C1. The third-order valence-electron chi connectivity index (χ3n) is 4.22. The van der Waals surface area contributed by atoms with Gasteiger partial charge in [0.2, 0.25) is 0 Å². The molecule has 2 nitrogen and oxygen atoms in total. The summed E-state index contributed by atoms with van der Waals surface area (Å²) in [4.78, 5) is 2.67. The van der Waals surface area contributed by atoms with Crippen molar-refractivity contribution in [1.29, 1.82) is 0 Å². The van der Waals surface area contributed by atoms with Gasteiger partial charge >= 0.3 is 0 Å². The maximum absolute atomic E-state index is 3.70. The summed E-state index contributed by atoms with van der Waals surface area (Å²) in [7, 11) is 0. The lowest BCUT2D eigenvalue weighted by atomic mass is 9.88. The Hall–Kier alpha value is -0.0800. The highest BCUT2D eigenvalue weighted by atomic mass is 15.2. The van der Waals surface area contributed by atoms with Crippen molar-refractivity contribution in [2.24, 2.45) is 11.8 Å². The molecule has 0 radical (unpaired) electrons. The van der Waals surface area contributed by atoms with Gasteiger partial charge in [0.15, 0.2) is 0 Å². The minimum atomic E-state index is 0.709. The van der Waals surface area contributed by atoms with E-state index in [1.165, 1.54) is 51.9 Å². The van der Waals surface area contributed by atoms with Crippen LogP contribution in [0, 0.1) is 11.8 Å². The predicted molar refractivity (Wildman–Crippen MR) is 76.4 cm³/mol. The number of nitrogens with zero attached hydrogens (tertiary/aromatic N) is 1. The summed E-state index contributed by atoms with van der Waals surface area (Å²) in [6.07, 6.45) is 5.24. The number of piperidine rings is 1. The largest absolute Gasteiger partial charge is 0.313 e. The molecule has 0 spiro atoms. The normalized spacial score (nSPS) is 28.2. The Morgan fingerprint density at radius 2 is 1.94 bits per heavy atom. The Bertz CT molecular complexity index is 191. The van der Waals surface area contributed by atoms with Gasteiger partial charge in [0.1, 0.15) is 0 Å². The van der Waals surface area contributed by atoms with Crippen LogP contribution in [-0.2, 0) is 0 Å². The smallest absolute Gasteiger partial charge is 0.0194 e. The Morgan fingerprint density at radius 1 is 1.18 bits per heavy atom. The first-order valence-corrected chi connectivity index (χ1v) is 7.63. The molecule has 0 aromatic carbocycles. The van der Waals surface area contributed by atoms with Crippen LogP contribution in [0.15, 0.2) is 0 Å². The van der Waals surface area contributed by atoms with Crippen LogP contribution in [0.4, 0.5) is 0 Å². The summed E-state index contributed by atoms with van der Waals surface area (Å²) in [5, 5.41) is 3.70. The van der Waals surface area contributed by atoms with Gasteiger partial charge in [-0.05, 0) is 44.2 Å². The van der Waals surface area contributed by atoms with E-state index in [0.29, 0.717) is 6.04 Å². The molecule has 0 aromatic rings. The summed E-state index contributed by atoms with van der Waals surface area (Å²) in [6.45, 7) is 14.4. The molecule has 1 aliphatic heterocycles. The first-order valence-electron chi connectivity index (χ1n) is 7.63. The van der Waals surface area contributed by atoms with E-state index in [0.717, 1.165) is 11.8 Å². The predicted octanol–water partition coefficient (Wildman–Crippen LogP) is 3.13. The molecule has 102 valence electrons. The van der Waals surface area contributed by atoms with Gasteiger partial charge in [0.05, 0.1) is 0 Å². The molecular weight excluding hydrogens is 208 g/mol. The molecule has 17 heavy (non-hydrogen) atoms. The highest BCUT2D eigenvalue weighted by Gasteiger charge is 2.23. The fourth-order valence-corrected chi connectivity index (χ4v) is 2.78. The Morgan fingerprint density at radius 3 is 2.53 bits per heavy atom. The molecule has 3 unspecified atom stereocenters. The molecule has 2 heteroatoms. The zero-order valence-electron chi connectivity index (χ0n) is 12.3. The second-order valence-electron chi connectivity index (χ2n) is 5.94. The second kappa shape index (κ2) is 8.10. The molecule has 1 rings (SSSR count). The summed E-state index contributed by atoms with van der Waals surface area (Å²) in [5.41, 5.74) is 0. The minimum Gasteiger partial charge on any atom is -0.313 e. The average molecular weight is 240 g/mol. The van der Waals surface area contributed by atoms with Gasteiger partial charge in [-0.15, -0.1) is 0 Å². The van der Waals surface area contributed by atoms with Crippen molar-refractivity contribution in [3.63, 3.8) is 0 Å². The monoisotopic (exact) mass is 240 g/mol. The molecule has 0 aliphatic carbocycles. The van der Waals surface area contributed by atoms with Crippen LogP contribution < -0.4 is 5.32 Å². The van der Waals surface area contributed by atoms with Crippen LogP contribution in [0.3, 0.4) is 0 Å². The average Bonchev–Trinajstić information content (AvgIpc) is 2.31. The molecule has 1 fully saturated rings. The van der Waals surface area contributed by atoms with E-state index >= 15 is 0 Å². The fraction of sp³-hybridized carbons (Fsp3) is 1.00. The van der Waals surface area contributed by atoms with Crippen molar-refractivity contribution >= 4 is 0 Å². The summed E-state index contributed by atoms with van der Waals surface area (Å²) < 4.78 is 0. The molecule has 0 saturated carbocycles. The summed E-state index contributed by atoms with van der Waals surface area (Å²) in [6, 6.07) is 0.709. The van der Waals surface area contributed by atoms with Crippen molar-refractivity contribution < 1.29 is 0 Å². The lowest BCUT2D eigenvalue weighted by Gasteiger charge is -2.37. The van der Waals surface area contributed by atoms with Crippen molar-refractivity contribution in [1.82, 2.24) is 10.2 Å².